The number of nitrogens with zero attached hydrogens (tertiary/aromatic N) is 2. The maximum absolute atomic E-state index is 13.3. The lowest BCUT2D eigenvalue weighted by atomic mass is 9.49. The van der Waals surface area contributed by atoms with Crippen LogP contribution in [-0.2, 0) is 11.0 Å². The van der Waals surface area contributed by atoms with Crippen LogP contribution >= 0.6 is 0 Å². The fourth-order valence-corrected chi connectivity index (χ4v) is 5.68. The second-order valence-corrected chi connectivity index (χ2v) is 9.31. The molecule has 1 saturated carbocycles. The lowest BCUT2D eigenvalue weighted by molar-refractivity contribution is -0.206. The number of benzene rings is 1. The summed E-state index contributed by atoms with van der Waals surface area (Å²) in [6, 6.07) is 4.84. The van der Waals surface area contributed by atoms with E-state index in [1.807, 2.05) is 58.6 Å². The zero-order valence-electron chi connectivity index (χ0n) is 18.6. The number of nitriles is 1. The molecule has 2 fully saturated rings. The van der Waals surface area contributed by atoms with E-state index in [0.717, 1.165) is 17.7 Å². The Morgan fingerprint density at radius 3 is 2.23 bits per heavy atom. The van der Waals surface area contributed by atoms with Gasteiger partial charge in [0.25, 0.3) is 5.91 Å². The molecule has 31 heavy (non-hydrogen) atoms. The van der Waals surface area contributed by atoms with E-state index in [4.69, 9.17) is 10.00 Å². The number of carbonyl (C=O) groups is 1. The van der Waals surface area contributed by atoms with E-state index in [0.29, 0.717) is 12.1 Å². The third-order valence-corrected chi connectivity index (χ3v) is 6.56. The first-order valence-corrected chi connectivity index (χ1v) is 10.2. The number of likely N-dealkylation sites (tertiary alicyclic amines) is 1. The highest BCUT2D eigenvalue weighted by atomic mass is 19.4. The monoisotopic (exact) mass is 432 g/mol. The Morgan fingerprint density at radius 2 is 1.77 bits per heavy atom. The van der Waals surface area contributed by atoms with E-state index in [9.17, 15) is 18.0 Å². The summed E-state index contributed by atoms with van der Waals surface area (Å²) in [5.41, 5.74) is -0.763. The van der Waals surface area contributed by atoms with Gasteiger partial charge in [0.2, 0.25) is 0 Å². The molecule has 0 aromatic heterocycles. The van der Waals surface area contributed by atoms with Crippen molar-refractivity contribution in [2.75, 3.05) is 6.54 Å². The van der Waals surface area contributed by atoms with E-state index in [1.54, 1.807) is 6.07 Å². The summed E-state index contributed by atoms with van der Waals surface area (Å²) in [5, 5.41) is 9.01. The molecule has 1 saturated heterocycles. The van der Waals surface area contributed by atoms with Crippen molar-refractivity contribution >= 4 is 5.91 Å². The number of halogens is 3. The number of alkyl halides is 3. The van der Waals surface area contributed by atoms with Crippen LogP contribution in [0.2, 0.25) is 0 Å². The number of rotatable bonds is 3. The third-order valence-electron chi connectivity index (χ3n) is 6.56. The molecular weight excluding hydrogens is 405 g/mol. The molecule has 0 spiro atoms. The van der Waals surface area contributed by atoms with Gasteiger partial charge in [-0.05, 0) is 37.6 Å². The molecule has 4 nitrogen and oxygen atoms in total. The molecule has 3 rings (SSSR count). The third kappa shape index (κ3) is 3.52. The van der Waals surface area contributed by atoms with Crippen LogP contribution in [-0.4, -0.2) is 29.5 Å². The Labute approximate surface area is 181 Å². The van der Waals surface area contributed by atoms with Gasteiger partial charge in [-0.2, -0.15) is 18.4 Å². The maximum atomic E-state index is 13.3. The van der Waals surface area contributed by atoms with Crippen molar-refractivity contribution < 1.29 is 22.7 Å². The molecule has 0 radical (unpaired) electrons. The van der Waals surface area contributed by atoms with Crippen LogP contribution in [0.4, 0.5) is 13.2 Å². The van der Waals surface area contributed by atoms with Crippen LogP contribution < -0.4 is 4.74 Å². The van der Waals surface area contributed by atoms with Gasteiger partial charge in [0.1, 0.15) is 11.9 Å². The maximum Gasteiger partial charge on any atom is 0.417 e. The highest BCUT2D eigenvalue weighted by molar-refractivity contribution is 6.01. The zero-order chi connectivity index (χ0) is 23.4. The van der Waals surface area contributed by atoms with Crippen LogP contribution in [0.25, 0.3) is 0 Å². The number of ether oxygens (including phenoxy) is 1. The van der Waals surface area contributed by atoms with Crippen molar-refractivity contribution in [1.82, 2.24) is 4.90 Å². The van der Waals surface area contributed by atoms with E-state index in [2.05, 4.69) is 0 Å². The van der Waals surface area contributed by atoms with E-state index < -0.39 is 34.2 Å². The molecule has 0 unspecified atom stereocenters. The fraction of sp³-hybridized carbons (Fsp3) is 0.500. The quantitative estimate of drug-likeness (QED) is 0.593. The van der Waals surface area contributed by atoms with Crippen LogP contribution in [0.15, 0.2) is 41.5 Å². The first kappa shape index (κ1) is 22.9. The van der Waals surface area contributed by atoms with Crippen LogP contribution in [0.3, 0.4) is 0 Å². The molecule has 1 amide bonds. The van der Waals surface area contributed by atoms with E-state index in [-0.39, 0.29) is 17.7 Å². The summed E-state index contributed by atoms with van der Waals surface area (Å²) >= 11 is 0. The summed E-state index contributed by atoms with van der Waals surface area (Å²) < 4.78 is 46.1. The molecular formula is C24H27F3N2O2. The molecule has 1 heterocycles. The second-order valence-electron chi connectivity index (χ2n) is 9.31. The van der Waals surface area contributed by atoms with Gasteiger partial charge >= 0.3 is 6.18 Å². The zero-order valence-corrected chi connectivity index (χ0v) is 18.6. The first-order valence-electron chi connectivity index (χ1n) is 10.2. The predicted octanol–water partition coefficient (Wildman–Crippen LogP) is 5.49. The van der Waals surface area contributed by atoms with Crippen molar-refractivity contribution in [2.45, 2.75) is 59.9 Å². The Hall–Kier alpha value is -2.75. The van der Waals surface area contributed by atoms with Crippen molar-refractivity contribution in [3.63, 3.8) is 0 Å². The Balaban J connectivity index is 1.91. The first-order chi connectivity index (χ1) is 14.3. The lowest BCUT2D eigenvalue weighted by Crippen LogP contribution is -2.74. The number of amides is 1. The highest BCUT2D eigenvalue weighted by Crippen LogP contribution is 2.59. The summed E-state index contributed by atoms with van der Waals surface area (Å²) in [7, 11) is 0. The van der Waals surface area contributed by atoms with Crippen LogP contribution in [0.5, 0.6) is 5.75 Å². The number of allylic oxidation sites excluding steroid dienone is 2. The fourth-order valence-electron chi connectivity index (χ4n) is 5.68. The van der Waals surface area contributed by atoms with Gasteiger partial charge in [-0.15, -0.1) is 0 Å². The molecule has 0 N–H and O–H groups in total. The van der Waals surface area contributed by atoms with E-state index >= 15 is 0 Å². The summed E-state index contributed by atoms with van der Waals surface area (Å²) in [5.74, 6) is 0.0323. The second kappa shape index (κ2) is 7.44. The largest absolute Gasteiger partial charge is 0.489 e. The molecule has 1 aliphatic carbocycles. The smallest absolute Gasteiger partial charge is 0.417 e. The van der Waals surface area contributed by atoms with Crippen LogP contribution in [0, 0.1) is 22.2 Å². The molecule has 0 bridgehead atoms. The molecule has 2 aliphatic rings. The van der Waals surface area contributed by atoms with Gasteiger partial charge in [0.15, 0.2) is 0 Å². The predicted molar refractivity (Wildman–Crippen MR) is 111 cm³/mol. The average Bonchev–Trinajstić information content (AvgIpc) is 2.99. The molecule has 1 aromatic rings. The minimum atomic E-state index is -4.65. The van der Waals surface area contributed by atoms with Crippen molar-refractivity contribution in [1.29, 1.82) is 5.26 Å². The number of carbonyl (C=O) groups excluding carboxylic acids is 1. The molecule has 0 atom stereocenters. The van der Waals surface area contributed by atoms with Crippen molar-refractivity contribution in [3.05, 3.63) is 52.6 Å². The van der Waals surface area contributed by atoms with Gasteiger partial charge in [-0.1, -0.05) is 39.8 Å². The van der Waals surface area contributed by atoms with Crippen molar-refractivity contribution in [2.24, 2.45) is 10.8 Å². The molecule has 1 aromatic carbocycles. The Morgan fingerprint density at radius 1 is 1.16 bits per heavy atom. The Kier molecular flexibility index (Phi) is 5.50. The number of hydrogen-bond acceptors (Lipinski definition) is 3. The highest BCUT2D eigenvalue weighted by Gasteiger charge is 2.67. The van der Waals surface area contributed by atoms with Crippen molar-refractivity contribution in [3.8, 4) is 11.8 Å². The van der Waals surface area contributed by atoms with Gasteiger partial charge in [0.05, 0.1) is 17.2 Å². The van der Waals surface area contributed by atoms with Gasteiger partial charge in [0, 0.05) is 29.0 Å². The van der Waals surface area contributed by atoms with Gasteiger partial charge in [-0.25, -0.2) is 0 Å². The molecule has 7 heteroatoms. The van der Waals surface area contributed by atoms with Gasteiger partial charge in [-0.3, -0.25) is 4.79 Å². The van der Waals surface area contributed by atoms with E-state index in [1.165, 1.54) is 6.07 Å². The summed E-state index contributed by atoms with van der Waals surface area (Å²) in [6.45, 7) is 12.1. The lowest BCUT2D eigenvalue weighted by Gasteiger charge is -2.65. The van der Waals surface area contributed by atoms with Crippen LogP contribution in [0.1, 0.15) is 52.7 Å². The minimum absolute atomic E-state index is 0.0297. The molecule has 166 valence electrons. The normalized spacial score (nSPS) is 27.4. The Bertz CT molecular complexity index is 997. The number of hydrogen-bond donors (Lipinski definition) is 0. The van der Waals surface area contributed by atoms with Gasteiger partial charge < -0.3 is 9.64 Å². The minimum Gasteiger partial charge on any atom is -0.489 e. The topological polar surface area (TPSA) is 53.3 Å². The summed E-state index contributed by atoms with van der Waals surface area (Å²) in [6.07, 6.45) is -1.31. The standard InChI is InChI=1S/C24H27F3N2O2/c1-7-14-13-29(19(30)17(14)8-2)20-22(3,4)21(23(20,5)6)31-16-10-9-15(12-28)18(11-16)24(25,26)27/h7-11,20-21H,13H2,1-6H3/b14-7-,17-8+. The molecule has 1 aliphatic heterocycles. The average molecular weight is 432 g/mol. The summed E-state index contributed by atoms with van der Waals surface area (Å²) in [4.78, 5) is 14.9. The SMILES string of the molecule is C/C=C1/CN(C2C(C)(C)C(Oc3ccc(C#N)c(C(F)(F)F)c3)C2(C)C)C(=O)/C1=C/C.